The van der Waals surface area contributed by atoms with Gasteiger partial charge in [-0.2, -0.15) is 0 Å². The Balaban J connectivity index is -0.000000165. The van der Waals surface area contributed by atoms with Gasteiger partial charge in [-0.15, -0.1) is 0 Å². The average Bonchev–Trinajstić information content (AvgIpc) is 3.52. The molecule has 50 heavy (non-hydrogen) atoms. The minimum absolute atomic E-state index is 0.0231. The van der Waals surface area contributed by atoms with E-state index < -0.39 is 97.1 Å². The van der Waals surface area contributed by atoms with E-state index in [0.717, 1.165) is 5.69 Å². The van der Waals surface area contributed by atoms with Gasteiger partial charge in [0.1, 0.15) is 30.2 Å². The SMILES string of the molecule is CC(O)C(N)C(=O)O.NC(CC(=O)O)C(=O)O.NC(CCC(=O)O)C(=O)O.NC(CO)C(=O)O.NC(Cc1cnc[nH]1)C(=O)O.NCC(=O)O. The van der Waals surface area contributed by atoms with E-state index in [-0.39, 0.29) is 25.8 Å². The van der Waals surface area contributed by atoms with Crippen LogP contribution in [-0.2, 0) is 44.8 Å². The van der Waals surface area contributed by atoms with Crippen molar-refractivity contribution in [3.63, 3.8) is 0 Å². The summed E-state index contributed by atoms with van der Waals surface area (Å²) in [6, 6.07) is -5.48. The number of carboxylic acid groups (broad SMARTS) is 8. The zero-order chi connectivity index (χ0) is 40.7. The van der Waals surface area contributed by atoms with Gasteiger partial charge in [-0.25, -0.2) is 4.98 Å². The number of imidazole rings is 1. The van der Waals surface area contributed by atoms with Gasteiger partial charge in [0.05, 0.1) is 32.0 Å². The molecule has 0 fully saturated rings. The predicted molar refractivity (Wildman–Crippen MR) is 165 cm³/mol. The molecular formula is C24H46N8O18. The number of carbonyl (C=O) groups is 8. The van der Waals surface area contributed by atoms with Crippen molar-refractivity contribution in [3.05, 3.63) is 18.2 Å². The zero-order valence-electron chi connectivity index (χ0n) is 26.5. The van der Waals surface area contributed by atoms with E-state index in [1.54, 1.807) is 6.20 Å². The first-order valence-electron chi connectivity index (χ1n) is 13.3. The highest BCUT2D eigenvalue weighted by molar-refractivity contribution is 5.80. The predicted octanol–water partition coefficient (Wildman–Crippen LogP) is -6.30. The molecule has 0 aliphatic rings. The molecule has 1 aromatic rings. The van der Waals surface area contributed by atoms with Gasteiger partial charge in [0.25, 0.3) is 0 Å². The summed E-state index contributed by atoms with van der Waals surface area (Å²) in [6.45, 7) is 0.550. The number of nitrogens with one attached hydrogen (secondary N) is 1. The molecule has 0 radical (unpaired) electrons. The van der Waals surface area contributed by atoms with Gasteiger partial charge >= 0.3 is 47.8 Å². The summed E-state index contributed by atoms with van der Waals surface area (Å²) < 4.78 is 0. The summed E-state index contributed by atoms with van der Waals surface area (Å²) in [6.07, 6.45) is 1.60. The van der Waals surface area contributed by atoms with Crippen LogP contribution in [0.2, 0.25) is 0 Å². The van der Waals surface area contributed by atoms with E-state index in [1.807, 2.05) is 0 Å². The van der Waals surface area contributed by atoms with Gasteiger partial charge < -0.3 is 90.5 Å². The quantitative estimate of drug-likeness (QED) is 0.0796. The standard InChI is InChI=1S/C6H9N3O2.C5H9NO4.C4H7NO4.C4H9NO3.C3H7NO3.C2H5NO2/c7-5(6(10)11)1-4-2-8-3-9-4;6-3(5(9)10)1-2-4(7)8;5-2(4(8)9)1-3(6)7;1-2(6)3(5)4(7)8;4-2(1-5)3(6)7;3-1-2(4)5/h2-3,5H,1,7H2,(H,8,9)(H,10,11);3H,1-2,6H2,(H,7,8)(H,9,10);2H,1,5H2,(H,6,7)(H,8,9);2-3,6H,5H2,1H3,(H,7,8);2,5H,1,4H2,(H,6,7);1,3H2,(H,4,5). The molecule has 0 spiro atoms. The third kappa shape index (κ3) is 40.7. The fourth-order valence-corrected chi connectivity index (χ4v) is 1.68. The molecule has 26 nitrogen and oxygen atoms in total. The first-order chi connectivity index (χ1) is 22.8. The second kappa shape index (κ2) is 32.2. The van der Waals surface area contributed by atoms with Crippen molar-refractivity contribution < 1.29 is 89.4 Å². The number of aliphatic hydroxyl groups is 2. The number of hydrogen-bond donors (Lipinski definition) is 17. The number of aliphatic carboxylic acids is 8. The van der Waals surface area contributed by atoms with Crippen molar-refractivity contribution in [1.82, 2.24) is 9.97 Å². The summed E-state index contributed by atoms with van der Waals surface area (Å²) in [7, 11) is 0. The van der Waals surface area contributed by atoms with Crippen LogP contribution in [0.4, 0.5) is 0 Å². The fraction of sp³-hybridized carbons (Fsp3) is 0.542. The summed E-state index contributed by atoms with van der Waals surface area (Å²) in [5.41, 5.74) is 30.1. The Morgan fingerprint density at radius 2 is 1.10 bits per heavy atom. The molecule has 1 aromatic heterocycles. The Kier molecular flexibility index (Phi) is 34.9. The summed E-state index contributed by atoms with van der Waals surface area (Å²) in [5.74, 6) is -9.02. The molecule has 290 valence electrons. The van der Waals surface area contributed by atoms with Crippen LogP contribution in [0.25, 0.3) is 0 Å². The zero-order valence-corrected chi connectivity index (χ0v) is 26.5. The van der Waals surface area contributed by atoms with Crippen LogP contribution in [0.1, 0.15) is 31.9 Å². The first kappa shape index (κ1) is 54.1. The minimum Gasteiger partial charge on any atom is -0.481 e. The summed E-state index contributed by atoms with van der Waals surface area (Å²) >= 11 is 0. The molecular weight excluding hydrogens is 688 g/mol. The molecule has 1 rings (SSSR count). The third-order valence-electron chi connectivity index (χ3n) is 4.50. The van der Waals surface area contributed by atoms with Crippen LogP contribution in [0, 0.1) is 0 Å². The Morgan fingerprint density at radius 1 is 0.680 bits per heavy atom. The normalized spacial score (nSPS) is 13.0. The van der Waals surface area contributed by atoms with Gasteiger partial charge in [0.2, 0.25) is 0 Å². The monoisotopic (exact) mass is 734 g/mol. The van der Waals surface area contributed by atoms with Gasteiger partial charge in [-0.3, -0.25) is 38.4 Å². The highest BCUT2D eigenvalue weighted by atomic mass is 16.4. The molecule has 0 aliphatic carbocycles. The van der Waals surface area contributed by atoms with Crippen molar-refractivity contribution in [2.45, 2.75) is 68.9 Å². The van der Waals surface area contributed by atoms with Crippen LogP contribution >= 0.6 is 0 Å². The van der Waals surface area contributed by atoms with Crippen LogP contribution in [0.5, 0.6) is 0 Å². The molecule has 26 heteroatoms. The summed E-state index contributed by atoms with van der Waals surface area (Å²) in [4.78, 5) is 85.0. The van der Waals surface area contributed by atoms with Crippen molar-refractivity contribution in [2.75, 3.05) is 13.2 Å². The molecule has 0 aliphatic heterocycles. The Labute approximate surface area is 282 Å². The van der Waals surface area contributed by atoms with Crippen LogP contribution in [0.3, 0.4) is 0 Å². The number of aromatic amines is 1. The van der Waals surface area contributed by atoms with E-state index >= 15 is 0 Å². The van der Waals surface area contributed by atoms with E-state index in [9.17, 15) is 38.4 Å². The topological polar surface area (TPSA) is 524 Å². The second-order valence-electron chi connectivity index (χ2n) is 8.98. The average molecular weight is 735 g/mol. The Bertz CT molecular complexity index is 1150. The minimum atomic E-state index is -1.29. The van der Waals surface area contributed by atoms with Crippen LogP contribution < -0.4 is 34.4 Å². The smallest absolute Gasteiger partial charge is 0.323 e. The van der Waals surface area contributed by atoms with E-state index in [4.69, 9.17) is 79.7 Å². The highest BCUT2D eigenvalue weighted by Crippen LogP contribution is 1.95. The van der Waals surface area contributed by atoms with Gasteiger partial charge in [0.15, 0.2) is 0 Å². The van der Waals surface area contributed by atoms with Crippen LogP contribution in [0.15, 0.2) is 12.5 Å². The van der Waals surface area contributed by atoms with Gasteiger partial charge in [-0.05, 0) is 13.3 Å². The molecule has 0 saturated heterocycles. The van der Waals surface area contributed by atoms with Crippen molar-refractivity contribution in [1.29, 1.82) is 0 Å². The number of nitrogens with zero attached hydrogens (tertiary/aromatic N) is 1. The molecule has 6 atom stereocenters. The van der Waals surface area contributed by atoms with Crippen molar-refractivity contribution in [2.24, 2.45) is 34.4 Å². The first-order valence-corrected chi connectivity index (χ1v) is 13.3. The number of aliphatic hydroxyl groups excluding tert-OH is 2. The number of H-pyrrole nitrogens is 1. The maximum Gasteiger partial charge on any atom is 0.323 e. The Hall–Kier alpha value is -5.35. The molecule has 0 aromatic carbocycles. The van der Waals surface area contributed by atoms with E-state index in [1.165, 1.54) is 13.3 Å². The molecule has 0 bridgehead atoms. The number of rotatable bonds is 15. The van der Waals surface area contributed by atoms with Gasteiger partial charge in [0, 0.05) is 24.7 Å². The lowest BCUT2D eigenvalue weighted by Gasteiger charge is -2.06. The summed E-state index contributed by atoms with van der Waals surface area (Å²) in [5, 5.41) is 80.8. The lowest BCUT2D eigenvalue weighted by atomic mass is 10.2. The van der Waals surface area contributed by atoms with Crippen molar-refractivity contribution >= 4 is 47.8 Å². The number of carboxylic acids is 8. The maximum absolute atomic E-state index is 10.3. The molecule has 0 saturated carbocycles. The number of aromatic nitrogens is 2. The third-order valence-corrected chi connectivity index (χ3v) is 4.50. The fourth-order valence-electron chi connectivity index (χ4n) is 1.68. The molecule has 0 amide bonds. The molecule has 23 N–H and O–H groups in total. The van der Waals surface area contributed by atoms with E-state index in [2.05, 4.69) is 15.7 Å². The Morgan fingerprint density at radius 3 is 1.28 bits per heavy atom. The molecule has 6 unspecified atom stereocenters. The molecule has 1 heterocycles. The largest absolute Gasteiger partial charge is 0.481 e. The lowest BCUT2D eigenvalue weighted by Crippen LogP contribution is -2.39. The maximum atomic E-state index is 10.3. The van der Waals surface area contributed by atoms with Gasteiger partial charge in [-0.1, -0.05) is 0 Å². The number of hydrogen-bond acceptors (Lipinski definition) is 17. The highest BCUT2D eigenvalue weighted by Gasteiger charge is 2.16. The lowest BCUT2D eigenvalue weighted by molar-refractivity contribution is -0.144. The van der Waals surface area contributed by atoms with Crippen LogP contribution in [-0.4, -0.2) is 158 Å². The second-order valence-corrected chi connectivity index (χ2v) is 8.98. The number of nitrogens with two attached hydrogens (primary N) is 6. The van der Waals surface area contributed by atoms with Crippen molar-refractivity contribution in [3.8, 4) is 0 Å². The van der Waals surface area contributed by atoms with E-state index in [0.29, 0.717) is 0 Å².